The van der Waals surface area contributed by atoms with Gasteiger partial charge in [0, 0.05) is 40.5 Å². The standard InChI is InChI=1S/C12H13Cl2NO4S/c13-9-5-8(6-11(7-9)20(14,17)18)12(16)15-10-1-3-19-4-2-10/h5-7,10H,1-4H2,(H,15,16). The Balaban J connectivity index is 2.19. The largest absolute Gasteiger partial charge is 0.381 e. The number of amides is 1. The van der Waals surface area contributed by atoms with Gasteiger partial charge in [-0.25, -0.2) is 8.42 Å². The van der Waals surface area contributed by atoms with Crippen LogP contribution in [0.15, 0.2) is 23.1 Å². The third-order valence-electron chi connectivity index (χ3n) is 2.97. The second kappa shape index (κ2) is 6.30. The highest BCUT2D eigenvalue weighted by Gasteiger charge is 2.19. The molecular formula is C12H13Cl2NO4S. The average Bonchev–Trinajstić information content (AvgIpc) is 2.38. The maximum atomic E-state index is 12.1. The van der Waals surface area contributed by atoms with Crippen LogP contribution in [0.4, 0.5) is 0 Å². The van der Waals surface area contributed by atoms with Gasteiger partial charge in [-0.05, 0) is 31.0 Å². The number of carbonyl (C=O) groups excluding carboxylic acids is 1. The van der Waals surface area contributed by atoms with Crippen LogP contribution in [0, 0.1) is 0 Å². The van der Waals surface area contributed by atoms with Gasteiger partial charge in [-0.15, -0.1) is 0 Å². The monoisotopic (exact) mass is 337 g/mol. The van der Waals surface area contributed by atoms with Crippen LogP contribution in [-0.2, 0) is 13.8 Å². The van der Waals surface area contributed by atoms with E-state index >= 15 is 0 Å². The van der Waals surface area contributed by atoms with E-state index in [2.05, 4.69) is 5.32 Å². The maximum Gasteiger partial charge on any atom is 0.261 e. The van der Waals surface area contributed by atoms with Gasteiger partial charge in [-0.2, -0.15) is 0 Å². The van der Waals surface area contributed by atoms with Gasteiger partial charge in [0.25, 0.3) is 15.0 Å². The van der Waals surface area contributed by atoms with Gasteiger partial charge in [0.15, 0.2) is 0 Å². The minimum absolute atomic E-state index is 0.0197. The van der Waals surface area contributed by atoms with E-state index in [1.807, 2.05) is 0 Å². The van der Waals surface area contributed by atoms with Crippen molar-refractivity contribution in [1.29, 1.82) is 0 Å². The second-order valence-corrected chi connectivity index (χ2v) is 7.48. The minimum atomic E-state index is -3.93. The number of hydrogen-bond acceptors (Lipinski definition) is 4. The van der Waals surface area contributed by atoms with Gasteiger partial charge < -0.3 is 10.1 Å². The molecule has 1 heterocycles. The van der Waals surface area contributed by atoms with Gasteiger partial charge in [-0.1, -0.05) is 11.6 Å². The molecule has 1 saturated heterocycles. The van der Waals surface area contributed by atoms with Crippen molar-refractivity contribution in [2.75, 3.05) is 13.2 Å². The molecule has 1 fully saturated rings. The van der Waals surface area contributed by atoms with Crippen LogP contribution in [0.25, 0.3) is 0 Å². The maximum absolute atomic E-state index is 12.1. The molecule has 1 aliphatic rings. The van der Waals surface area contributed by atoms with Crippen molar-refractivity contribution >= 4 is 37.2 Å². The van der Waals surface area contributed by atoms with E-state index in [-0.39, 0.29) is 27.4 Å². The predicted octanol–water partition coefficient (Wildman–Crippen LogP) is 2.18. The lowest BCUT2D eigenvalue weighted by atomic mass is 10.1. The van der Waals surface area contributed by atoms with E-state index in [1.54, 1.807) is 0 Å². The molecule has 5 nitrogen and oxygen atoms in total. The van der Waals surface area contributed by atoms with Gasteiger partial charge in [0.05, 0.1) is 4.90 Å². The Hall–Kier alpha value is -0.820. The molecule has 0 saturated carbocycles. The molecule has 8 heteroatoms. The normalized spacial score (nSPS) is 16.9. The molecule has 110 valence electrons. The van der Waals surface area contributed by atoms with Crippen molar-refractivity contribution in [1.82, 2.24) is 5.32 Å². The van der Waals surface area contributed by atoms with Crippen molar-refractivity contribution in [3.63, 3.8) is 0 Å². The third-order valence-corrected chi connectivity index (χ3v) is 4.52. The topological polar surface area (TPSA) is 72.5 Å². The SMILES string of the molecule is O=C(NC1CCOCC1)c1cc(Cl)cc(S(=O)(=O)Cl)c1. The Labute approximate surface area is 126 Å². The first-order valence-electron chi connectivity index (χ1n) is 6.00. The molecule has 0 spiro atoms. The molecule has 1 aromatic rings. The Morgan fingerprint density at radius 2 is 1.90 bits per heavy atom. The van der Waals surface area contributed by atoms with Crippen LogP contribution in [0.2, 0.25) is 5.02 Å². The Morgan fingerprint density at radius 3 is 2.50 bits per heavy atom. The number of ether oxygens (including phenoxy) is 1. The van der Waals surface area contributed by atoms with Gasteiger partial charge in [-0.3, -0.25) is 4.79 Å². The van der Waals surface area contributed by atoms with Crippen LogP contribution in [-0.4, -0.2) is 33.6 Å². The molecule has 1 N–H and O–H groups in total. The van der Waals surface area contributed by atoms with Crippen molar-refractivity contribution < 1.29 is 17.9 Å². The number of nitrogens with one attached hydrogen (secondary N) is 1. The highest BCUT2D eigenvalue weighted by Crippen LogP contribution is 2.22. The smallest absolute Gasteiger partial charge is 0.261 e. The van der Waals surface area contributed by atoms with Crippen LogP contribution in [0.3, 0.4) is 0 Å². The average molecular weight is 338 g/mol. The quantitative estimate of drug-likeness (QED) is 0.858. The molecule has 0 aromatic heterocycles. The molecule has 0 unspecified atom stereocenters. The minimum Gasteiger partial charge on any atom is -0.381 e. The molecule has 0 atom stereocenters. The summed E-state index contributed by atoms with van der Waals surface area (Å²) < 4.78 is 27.8. The molecule has 0 aliphatic carbocycles. The Kier molecular flexibility index (Phi) is 4.90. The number of carbonyl (C=O) groups is 1. The summed E-state index contributed by atoms with van der Waals surface area (Å²) >= 11 is 5.82. The van der Waals surface area contributed by atoms with Crippen molar-refractivity contribution in [2.45, 2.75) is 23.8 Å². The highest BCUT2D eigenvalue weighted by atomic mass is 35.7. The zero-order valence-electron chi connectivity index (χ0n) is 10.4. The van der Waals surface area contributed by atoms with Crippen LogP contribution in [0.1, 0.15) is 23.2 Å². The molecule has 1 aromatic carbocycles. The second-order valence-electron chi connectivity index (χ2n) is 4.47. The molecule has 0 bridgehead atoms. The third kappa shape index (κ3) is 4.09. The fourth-order valence-corrected chi connectivity index (χ4v) is 3.05. The lowest BCUT2D eigenvalue weighted by Gasteiger charge is -2.23. The van der Waals surface area contributed by atoms with Crippen LogP contribution in [0.5, 0.6) is 0 Å². The predicted molar refractivity (Wildman–Crippen MR) is 75.8 cm³/mol. The van der Waals surface area contributed by atoms with Gasteiger partial charge in [0.1, 0.15) is 0 Å². The lowest BCUT2D eigenvalue weighted by molar-refractivity contribution is 0.0696. The first kappa shape index (κ1) is 15.6. The Morgan fingerprint density at radius 1 is 1.25 bits per heavy atom. The van der Waals surface area contributed by atoms with Crippen LogP contribution >= 0.6 is 22.3 Å². The zero-order chi connectivity index (χ0) is 14.8. The van der Waals surface area contributed by atoms with E-state index in [0.717, 1.165) is 12.8 Å². The molecule has 2 rings (SSSR count). The first-order chi connectivity index (χ1) is 9.36. The zero-order valence-corrected chi connectivity index (χ0v) is 12.8. The van der Waals surface area contributed by atoms with Crippen molar-refractivity contribution in [3.05, 3.63) is 28.8 Å². The number of halogens is 2. The molecule has 1 amide bonds. The van der Waals surface area contributed by atoms with Crippen LogP contribution < -0.4 is 5.32 Å². The van der Waals surface area contributed by atoms with E-state index in [4.69, 9.17) is 27.0 Å². The Bertz CT molecular complexity index is 612. The summed E-state index contributed by atoms with van der Waals surface area (Å²) in [7, 11) is 1.34. The molecular weight excluding hydrogens is 325 g/mol. The van der Waals surface area contributed by atoms with Crippen molar-refractivity contribution in [3.8, 4) is 0 Å². The summed E-state index contributed by atoms with van der Waals surface area (Å²) in [5, 5.41) is 2.97. The summed E-state index contributed by atoms with van der Waals surface area (Å²) in [4.78, 5) is 11.9. The van der Waals surface area contributed by atoms with Crippen molar-refractivity contribution in [2.24, 2.45) is 0 Å². The van der Waals surface area contributed by atoms with E-state index in [1.165, 1.54) is 18.2 Å². The summed E-state index contributed by atoms with van der Waals surface area (Å²) in [5.74, 6) is -0.374. The summed E-state index contributed by atoms with van der Waals surface area (Å²) in [5.41, 5.74) is 0.170. The van der Waals surface area contributed by atoms with Gasteiger partial charge >= 0.3 is 0 Å². The lowest BCUT2D eigenvalue weighted by Crippen LogP contribution is -2.38. The van der Waals surface area contributed by atoms with E-state index in [9.17, 15) is 13.2 Å². The summed E-state index contributed by atoms with van der Waals surface area (Å²) in [6, 6.07) is 3.84. The number of benzene rings is 1. The fourth-order valence-electron chi connectivity index (χ4n) is 1.95. The first-order valence-corrected chi connectivity index (χ1v) is 8.69. The molecule has 1 aliphatic heterocycles. The number of hydrogen-bond donors (Lipinski definition) is 1. The summed E-state index contributed by atoms with van der Waals surface area (Å²) in [6.07, 6.45) is 1.46. The van der Waals surface area contributed by atoms with E-state index in [0.29, 0.717) is 13.2 Å². The summed E-state index contributed by atoms with van der Waals surface area (Å²) in [6.45, 7) is 1.20. The molecule has 20 heavy (non-hydrogen) atoms. The van der Waals surface area contributed by atoms with Gasteiger partial charge in [0.2, 0.25) is 0 Å². The highest BCUT2D eigenvalue weighted by molar-refractivity contribution is 8.13. The van der Waals surface area contributed by atoms with E-state index < -0.39 is 9.05 Å². The fraction of sp³-hybridized carbons (Fsp3) is 0.417. The number of rotatable bonds is 3. The molecule has 0 radical (unpaired) electrons.